The highest BCUT2D eigenvalue weighted by molar-refractivity contribution is 7.80. The number of allylic oxidation sites excluding steroid dienone is 1. The second kappa shape index (κ2) is 13.5. The third-order valence-electron chi connectivity index (χ3n) is 8.45. The summed E-state index contributed by atoms with van der Waals surface area (Å²) in [6.07, 6.45) is 10.6. The van der Waals surface area contributed by atoms with Gasteiger partial charge in [-0.05, 0) is 91.2 Å². The van der Waals surface area contributed by atoms with Gasteiger partial charge in [-0.3, -0.25) is 4.79 Å². The molecule has 0 aromatic heterocycles. The number of hydrogen-bond donors (Lipinski definition) is 2. The number of aryl methyl sites for hydroxylation is 1. The van der Waals surface area contributed by atoms with Crippen LogP contribution >= 0.6 is 24.2 Å². The van der Waals surface area contributed by atoms with Crippen molar-refractivity contribution in [1.82, 2.24) is 0 Å². The molecule has 0 unspecified atom stereocenters. The second-order valence-corrected chi connectivity index (χ2v) is 12.2. The topological polar surface area (TPSA) is 64.8 Å². The number of anilines is 1. The van der Waals surface area contributed by atoms with Gasteiger partial charge in [0.15, 0.2) is 0 Å². The number of nitrogens with zero attached hydrogens (tertiary/aromatic N) is 1. The van der Waals surface area contributed by atoms with Crippen molar-refractivity contribution in [3.63, 3.8) is 0 Å². The van der Waals surface area contributed by atoms with E-state index in [0.717, 1.165) is 73.8 Å². The molecule has 2 aromatic rings. The van der Waals surface area contributed by atoms with Crippen LogP contribution in [0.4, 0.5) is 5.69 Å². The SMILES string of the molecule is CC[C@H](C[C@H](/C=C/C[C@H](C)CS)OC)CN1C[C@@]2(CCCc3cc(Cl)ccc32)COc2ccc(C(N)=O)cc21. The normalized spacial score (nSPS) is 21.1. The largest absolute Gasteiger partial charge is 0.490 e. The van der Waals surface area contributed by atoms with Gasteiger partial charge in [0, 0.05) is 36.2 Å². The lowest BCUT2D eigenvalue weighted by Crippen LogP contribution is -2.47. The predicted octanol–water partition coefficient (Wildman–Crippen LogP) is 6.86. The molecule has 1 aliphatic carbocycles. The first-order valence-corrected chi connectivity index (χ1v) is 15.2. The summed E-state index contributed by atoms with van der Waals surface area (Å²) in [5, 5.41) is 0.778. The molecule has 7 heteroatoms. The lowest BCUT2D eigenvalue weighted by atomic mass is 9.70. The second-order valence-electron chi connectivity index (χ2n) is 11.4. The maximum Gasteiger partial charge on any atom is 0.248 e. The van der Waals surface area contributed by atoms with E-state index in [1.807, 2.05) is 18.2 Å². The molecule has 0 bridgehead atoms. The van der Waals surface area contributed by atoms with Gasteiger partial charge in [0.25, 0.3) is 0 Å². The molecule has 0 saturated heterocycles. The van der Waals surface area contributed by atoms with E-state index in [-0.39, 0.29) is 11.5 Å². The number of carbonyl (C=O) groups excluding carboxylic acids is 1. The minimum Gasteiger partial charge on any atom is -0.490 e. The van der Waals surface area contributed by atoms with Crippen LogP contribution < -0.4 is 15.4 Å². The van der Waals surface area contributed by atoms with Crippen LogP contribution in [0.5, 0.6) is 5.75 Å². The molecule has 1 aliphatic heterocycles. The van der Waals surface area contributed by atoms with Gasteiger partial charge < -0.3 is 20.1 Å². The van der Waals surface area contributed by atoms with Crippen LogP contribution in [0.1, 0.15) is 67.4 Å². The van der Waals surface area contributed by atoms with Crippen molar-refractivity contribution in [3.8, 4) is 5.75 Å². The molecule has 4 atom stereocenters. The minimum atomic E-state index is -0.429. The Morgan fingerprint density at radius 2 is 2.13 bits per heavy atom. The average molecular weight is 571 g/mol. The standard InChI is InChI=1S/C32H43ClN2O3S/c1-4-23(15-27(37-3)9-5-7-22(2)19-39)18-35-20-32(14-6-8-24-16-26(33)11-12-28(24)32)21-38-30-13-10-25(31(34)36)17-29(30)35/h5,9-13,16-17,22-23,27,39H,4,6-8,14-15,18-21H2,1-3H3,(H2,34,36)/b9-5+/t22-,23+,27-,32-/m0/s1. The van der Waals surface area contributed by atoms with Crippen LogP contribution in [0.2, 0.25) is 5.02 Å². The lowest BCUT2D eigenvalue weighted by Gasteiger charge is -2.41. The van der Waals surface area contributed by atoms with Crippen LogP contribution in [0.25, 0.3) is 0 Å². The van der Waals surface area contributed by atoms with Crippen molar-refractivity contribution in [3.05, 3.63) is 70.3 Å². The van der Waals surface area contributed by atoms with E-state index in [0.29, 0.717) is 24.0 Å². The molecule has 5 nitrogen and oxygen atoms in total. The van der Waals surface area contributed by atoms with Crippen molar-refractivity contribution in [1.29, 1.82) is 0 Å². The molecular weight excluding hydrogens is 528 g/mol. The van der Waals surface area contributed by atoms with Crippen molar-refractivity contribution >= 4 is 35.8 Å². The lowest BCUT2D eigenvalue weighted by molar-refractivity contribution is 0.1000. The van der Waals surface area contributed by atoms with Gasteiger partial charge in [0.05, 0.1) is 18.4 Å². The number of fused-ring (bicyclic) bond motifs is 3. The summed E-state index contributed by atoms with van der Waals surface area (Å²) >= 11 is 10.8. The number of carbonyl (C=O) groups is 1. The number of nitrogens with two attached hydrogens (primary N) is 1. The predicted molar refractivity (Wildman–Crippen MR) is 165 cm³/mol. The Morgan fingerprint density at radius 3 is 2.85 bits per heavy atom. The summed E-state index contributed by atoms with van der Waals surface area (Å²) in [6.45, 7) is 6.68. The van der Waals surface area contributed by atoms with Crippen LogP contribution in [0.15, 0.2) is 48.6 Å². The molecule has 0 radical (unpaired) electrons. The fraction of sp³-hybridized carbons (Fsp3) is 0.531. The summed E-state index contributed by atoms with van der Waals surface area (Å²) in [4.78, 5) is 14.6. The van der Waals surface area contributed by atoms with E-state index in [1.54, 1.807) is 13.2 Å². The number of thiol groups is 1. The molecule has 1 spiro atoms. The fourth-order valence-electron chi connectivity index (χ4n) is 6.07. The van der Waals surface area contributed by atoms with Gasteiger partial charge in [-0.2, -0.15) is 12.6 Å². The zero-order chi connectivity index (χ0) is 28.0. The quantitative estimate of drug-likeness (QED) is 0.229. The summed E-state index contributed by atoms with van der Waals surface area (Å²) in [5.41, 5.74) is 9.61. The van der Waals surface area contributed by atoms with Crippen LogP contribution in [0.3, 0.4) is 0 Å². The third kappa shape index (κ3) is 7.14. The zero-order valence-corrected chi connectivity index (χ0v) is 25.1. The number of benzene rings is 2. The van der Waals surface area contributed by atoms with Crippen molar-refractivity contribution in [2.24, 2.45) is 17.6 Å². The van der Waals surface area contributed by atoms with Crippen molar-refractivity contribution < 1.29 is 14.3 Å². The number of methoxy groups -OCH3 is 1. The van der Waals surface area contributed by atoms with Gasteiger partial charge in [-0.1, -0.05) is 50.1 Å². The number of halogens is 1. The van der Waals surface area contributed by atoms with Gasteiger partial charge in [0.2, 0.25) is 5.91 Å². The van der Waals surface area contributed by atoms with Gasteiger partial charge in [-0.15, -0.1) is 0 Å². The Labute approximate surface area is 244 Å². The first kappa shape index (κ1) is 29.8. The molecule has 39 heavy (non-hydrogen) atoms. The van der Waals surface area contributed by atoms with Gasteiger partial charge >= 0.3 is 0 Å². The number of amides is 1. The first-order chi connectivity index (χ1) is 18.8. The van der Waals surface area contributed by atoms with Gasteiger partial charge in [-0.25, -0.2) is 0 Å². The Kier molecular flexibility index (Phi) is 10.3. The molecule has 1 heterocycles. The maximum absolute atomic E-state index is 12.1. The average Bonchev–Trinajstić information content (AvgIpc) is 3.08. The Morgan fingerprint density at radius 1 is 1.31 bits per heavy atom. The Hall–Kier alpha value is -2.15. The highest BCUT2D eigenvalue weighted by atomic mass is 35.5. The summed E-state index contributed by atoms with van der Waals surface area (Å²) in [7, 11) is 1.79. The van der Waals surface area contributed by atoms with E-state index in [9.17, 15) is 4.79 Å². The van der Waals surface area contributed by atoms with E-state index in [2.05, 4.69) is 55.7 Å². The molecule has 0 saturated carbocycles. The van der Waals surface area contributed by atoms with E-state index >= 15 is 0 Å². The summed E-state index contributed by atoms with van der Waals surface area (Å²) in [6, 6.07) is 11.9. The van der Waals surface area contributed by atoms with E-state index in [1.165, 1.54) is 11.1 Å². The van der Waals surface area contributed by atoms with Crippen LogP contribution in [0, 0.1) is 11.8 Å². The van der Waals surface area contributed by atoms with Crippen molar-refractivity contribution in [2.45, 2.75) is 63.9 Å². The zero-order valence-electron chi connectivity index (χ0n) is 23.5. The smallest absolute Gasteiger partial charge is 0.248 e. The Balaban J connectivity index is 1.65. The fourth-order valence-corrected chi connectivity index (χ4v) is 6.41. The molecule has 4 rings (SSSR count). The molecule has 212 valence electrons. The summed E-state index contributed by atoms with van der Waals surface area (Å²) in [5.74, 6) is 2.18. The minimum absolute atomic E-state index is 0.0493. The van der Waals surface area contributed by atoms with E-state index < -0.39 is 5.91 Å². The monoisotopic (exact) mass is 570 g/mol. The third-order valence-corrected chi connectivity index (χ3v) is 9.31. The highest BCUT2D eigenvalue weighted by Crippen LogP contribution is 2.45. The van der Waals surface area contributed by atoms with Crippen molar-refractivity contribution in [2.75, 3.05) is 37.5 Å². The summed E-state index contributed by atoms with van der Waals surface area (Å²) < 4.78 is 12.4. The highest BCUT2D eigenvalue weighted by Gasteiger charge is 2.42. The molecule has 2 aliphatic rings. The van der Waals surface area contributed by atoms with Crippen LogP contribution in [-0.4, -0.2) is 44.6 Å². The molecular formula is C32H43ClN2O3S. The van der Waals surface area contributed by atoms with Gasteiger partial charge in [0.1, 0.15) is 5.75 Å². The van der Waals surface area contributed by atoms with E-state index in [4.69, 9.17) is 26.8 Å². The first-order valence-electron chi connectivity index (χ1n) is 14.2. The number of ether oxygens (including phenoxy) is 2. The van der Waals surface area contributed by atoms with Crippen LogP contribution in [-0.2, 0) is 16.6 Å². The number of primary amides is 1. The molecule has 0 fully saturated rings. The number of hydrogen-bond acceptors (Lipinski definition) is 5. The molecule has 1 amide bonds. The molecule has 2 N–H and O–H groups in total. The number of rotatable bonds is 11. The molecule has 2 aromatic carbocycles. The Bertz CT molecular complexity index is 1170. The maximum atomic E-state index is 12.1.